The van der Waals surface area contributed by atoms with Crippen molar-refractivity contribution in [2.45, 2.75) is 26.6 Å². The molecule has 8 heteroatoms. The van der Waals surface area contributed by atoms with E-state index >= 15 is 0 Å². The summed E-state index contributed by atoms with van der Waals surface area (Å²) in [4.78, 5) is 37.0. The monoisotopic (exact) mass is 472 g/mol. The largest absolute Gasteiger partial charge is 0.481 e. The Morgan fingerprint density at radius 3 is 2.49 bits per heavy atom. The first-order valence-electron chi connectivity index (χ1n) is 11.4. The number of para-hydroxylation sites is 1. The number of fused-ring (bicyclic) bond motifs is 1. The Morgan fingerprint density at radius 1 is 1.06 bits per heavy atom. The van der Waals surface area contributed by atoms with E-state index in [1.807, 2.05) is 74.5 Å². The van der Waals surface area contributed by atoms with E-state index in [-0.39, 0.29) is 18.4 Å². The number of carbonyl (C=O) groups excluding carboxylic acids is 2. The summed E-state index contributed by atoms with van der Waals surface area (Å²) in [5.41, 5.74) is 3.58. The number of alkyl carbamates (subject to hydrolysis) is 1. The molecule has 4 rings (SSSR count). The molecule has 1 aliphatic heterocycles. The molecule has 0 spiro atoms. The smallest absolute Gasteiger partial charge is 0.409 e. The third kappa shape index (κ3) is 5.66. The summed E-state index contributed by atoms with van der Waals surface area (Å²) in [5.74, 6) is 0.328. The first-order chi connectivity index (χ1) is 17.0. The van der Waals surface area contributed by atoms with E-state index in [0.717, 1.165) is 16.8 Å². The molecule has 0 bridgehead atoms. The number of rotatable bonds is 7. The molecule has 180 valence electrons. The van der Waals surface area contributed by atoms with E-state index in [0.29, 0.717) is 23.7 Å². The Balaban J connectivity index is 1.69. The van der Waals surface area contributed by atoms with Gasteiger partial charge in [-0.3, -0.25) is 10.1 Å². The molecule has 2 aromatic carbocycles. The van der Waals surface area contributed by atoms with Gasteiger partial charge in [0.05, 0.1) is 18.5 Å². The van der Waals surface area contributed by atoms with Crippen molar-refractivity contribution in [1.29, 1.82) is 0 Å². The zero-order valence-corrected chi connectivity index (χ0v) is 20.0. The molecule has 3 aromatic rings. The molecule has 0 aliphatic carbocycles. The van der Waals surface area contributed by atoms with Crippen LogP contribution in [0.5, 0.6) is 5.88 Å². The Hall–Kier alpha value is -4.20. The van der Waals surface area contributed by atoms with Crippen molar-refractivity contribution in [3.8, 4) is 5.88 Å². The summed E-state index contributed by atoms with van der Waals surface area (Å²) >= 11 is 0. The first-order valence-corrected chi connectivity index (χ1v) is 11.4. The van der Waals surface area contributed by atoms with Gasteiger partial charge in [0.2, 0.25) is 12.0 Å². The van der Waals surface area contributed by atoms with Gasteiger partial charge in [-0.1, -0.05) is 62.4 Å². The topological polar surface area (TPSA) is 93.1 Å². The summed E-state index contributed by atoms with van der Waals surface area (Å²) in [6.45, 7) is 4.62. The number of benzodiazepines with no additional fused rings is 1. The van der Waals surface area contributed by atoms with Crippen LogP contribution < -0.4 is 15.0 Å². The van der Waals surface area contributed by atoms with Crippen LogP contribution >= 0.6 is 0 Å². The van der Waals surface area contributed by atoms with Crippen molar-refractivity contribution in [2.75, 3.05) is 18.6 Å². The van der Waals surface area contributed by atoms with Crippen molar-refractivity contribution < 1.29 is 19.1 Å². The maximum Gasteiger partial charge on any atom is 0.409 e. The summed E-state index contributed by atoms with van der Waals surface area (Å²) in [6.07, 6.45) is -0.248. The van der Waals surface area contributed by atoms with E-state index in [1.165, 1.54) is 0 Å². The number of nitrogens with one attached hydrogen (secondary N) is 1. The van der Waals surface area contributed by atoms with Crippen LogP contribution in [0.4, 0.5) is 10.5 Å². The number of methoxy groups -OCH3 is 1. The third-order valence-electron chi connectivity index (χ3n) is 5.44. The standard InChI is InChI=1S/C27H28N4O4/c1-18(2)16-31-22-12-8-7-11-21(22)24(20-13-14-23(34-3)28-15-20)29-25(26(31)32)30-27(33)35-17-19-9-5-4-6-10-19/h4-15,18,25H,16-17H2,1-3H3,(H,30,33)/t25-/m0/s1. The fraction of sp³-hybridized carbons (Fsp3) is 0.259. The second-order valence-corrected chi connectivity index (χ2v) is 8.54. The predicted octanol–water partition coefficient (Wildman–Crippen LogP) is 4.18. The highest BCUT2D eigenvalue weighted by Gasteiger charge is 2.33. The normalized spacial score (nSPS) is 15.2. The minimum Gasteiger partial charge on any atom is -0.481 e. The number of aromatic nitrogens is 1. The molecule has 0 saturated heterocycles. The van der Waals surface area contributed by atoms with E-state index in [2.05, 4.69) is 10.3 Å². The third-order valence-corrected chi connectivity index (χ3v) is 5.44. The molecule has 2 amide bonds. The Labute approximate surface area is 204 Å². The van der Waals surface area contributed by atoms with E-state index < -0.39 is 12.3 Å². The van der Waals surface area contributed by atoms with Gasteiger partial charge in [-0.15, -0.1) is 0 Å². The van der Waals surface area contributed by atoms with E-state index in [9.17, 15) is 9.59 Å². The van der Waals surface area contributed by atoms with Crippen LogP contribution in [0, 0.1) is 5.92 Å². The molecule has 35 heavy (non-hydrogen) atoms. The quantitative estimate of drug-likeness (QED) is 0.557. The lowest BCUT2D eigenvalue weighted by atomic mass is 10.0. The molecule has 8 nitrogen and oxygen atoms in total. The van der Waals surface area contributed by atoms with Crippen LogP contribution in [0.3, 0.4) is 0 Å². The lowest BCUT2D eigenvalue weighted by Crippen LogP contribution is -2.48. The molecule has 1 N–H and O–H groups in total. The van der Waals surface area contributed by atoms with Crippen molar-refractivity contribution in [3.63, 3.8) is 0 Å². The molecule has 2 heterocycles. The number of carbonyl (C=O) groups is 2. The van der Waals surface area contributed by atoms with Crippen LogP contribution in [-0.2, 0) is 16.1 Å². The predicted molar refractivity (Wildman–Crippen MR) is 134 cm³/mol. The number of hydrogen-bond acceptors (Lipinski definition) is 6. The fourth-order valence-electron chi connectivity index (χ4n) is 3.82. The van der Waals surface area contributed by atoms with Gasteiger partial charge in [0.25, 0.3) is 5.91 Å². The maximum atomic E-state index is 13.6. The van der Waals surface area contributed by atoms with Crippen molar-refractivity contribution in [2.24, 2.45) is 10.9 Å². The molecule has 0 fully saturated rings. The van der Waals surface area contributed by atoms with Crippen LogP contribution in [0.25, 0.3) is 0 Å². The molecule has 1 atom stereocenters. The summed E-state index contributed by atoms with van der Waals surface area (Å²) in [5, 5.41) is 2.65. The highest BCUT2D eigenvalue weighted by Crippen LogP contribution is 2.29. The molecular weight excluding hydrogens is 444 g/mol. The zero-order chi connectivity index (χ0) is 24.8. The van der Waals surface area contributed by atoms with Crippen LogP contribution in [0.15, 0.2) is 77.9 Å². The number of benzene rings is 2. The van der Waals surface area contributed by atoms with Gasteiger partial charge in [-0.25, -0.2) is 14.8 Å². The minimum atomic E-state index is -1.17. The Bertz CT molecular complexity index is 1210. The average molecular weight is 473 g/mol. The first kappa shape index (κ1) is 23.9. The fourth-order valence-corrected chi connectivity index (χ4v) is 3.82. The number of nitrogens with zero attached hydrogens (tertiary/aromatic N) is 3. The highest BCUT2D eigenvalue weighted by atomic mass is 16.5. The molecule has 1 aliphatic rings. The summed E-state index contributed by atoms with van der Waals surface area (Å²) in [6, 6.07) is 20.5. The van der Waals surface area contributed by atoms with Crippen LogP contribution in [-0.4, -0.2) is 42.5 Å². The van der Waals surface area contributed by atoms with Crippen molar-refractivity contribution in [3.05, 3.63) is 89.6 Å². The van der Waals surface area contributed by atoms with Gasteiger partial charge in [0.1, 0.15) is 6.61 Å². The van der Waals surface area contributed by atoms with Gasteiger partial charge in [-0.05, 0) is 23.6 Å². The molecule has 1 aromatic heterocycles. The molecule has 0 radical (unpaired) electrons. The number of pyridine rings is 1. The van der Waals surface area contributed by atoms with E-state index in [1.54, 1.807) is 24.3 Å². The zero-order valence-electron chi connectivity index (χ0n) is 20.0. The van der Waals surface area contributed by atoms with Gasteiger partial charge in [-0.2, -0.15) is 0 Å². The minimum absolute atomic E-state index is 0.0858. The second-order valence-electron chi connectivity index (χ2n) is 8.54. The number of amides is 2. The SMILES string of the molecule is COc1ccc(C2=N[C@@H](NC(=O)OCc3ccccc3)C(=O)N(CC(C)C)c3ccccc32)cn1. The van der Waals surface area contributed by atoms with Crippen LogP contribution in [0.1, 0.15) is 30.5 Å². The Kier molecular flexibility index (Phi) is 7.40. The van der Waals surface area contributed by atoms with Crippen molar-refractivity contribution in [1.82, 2.24) is 10.3 Å². The maximum absolute atomic E-state index is 13.6. The number of hydrogen-bond donors (Lipinski definition) is 1. The molecule has 0 saturated carbocycles. The number of aliphatic imine (C=N–C) groups is 1. The lowest BCUT2D eigenvalue weighted by Gasteiger charge is -2.27. The molecular formula is C27H28N4O4. The number of anilines is 1. The summed E-state index contributed by atoms with van der Waals surface area (Å²) < 4.78 is 10.5. The Morgan fingerprint density at radius 2 is 1.80 bits per heavy atom. The average Bonchev–Trinajstić information content (AvgIpc) is 2.99. The van der Waals surface area contributed by atoms with Crippen LogP contribution in [0.2, 0.25) is 0 Å². The number of ether oxygens (including phenoxy) is 2. The molecule has 0 unspecified atom stereocenters. The van der Waals surface area contributed by atoms with Gasteiger partial charge in [0.15, 0.2) is 0 Å². The van der Waals surface area contributed by atoms with Crippen molar-refractivity contribution >= 4 is 23.4 Å². The summed E-state index contributed by atoms with van der Waals surface area (Å²) in [7, 11) is 1.55. The van der Waals surface area contributed by atoms with Gasteiger partial charge < -0.3 is 14.4 Å². The van der Waals surface area contributed by atoms with Gasteiger partial charge in [0, 0.05) is 29.9 Å². The van der Waals surface area contributed by atoms with Gasteiger partial charge >= 0.3 is 6.09 Å². The van der Waals surface area contributed by atoms with E-state index in [4.69, 9.17) is 14.5 Å². The second kappa shape index (κ2) is 10.8. The highest BCUT2D eigenvalue weighted by molar-refractivity contribution is 6.20. The lowest BCUT2D eigenvalue weighted by molar-refractivity contribution is -0.120.